The Morgan fingerprint density at radius 1 is 1.58 bits per heavy atom. The summed E-state index contributed by atoms with van der Waals surface area (Å²) in [5.41, 5.74) is 5.89. The van der Waals surface area contributed by atoms with Gasteiger partial charge in [-0.1, -0.05) is 6.92 Å². The summed E-state index contributed by atoms with van der Waals surface area (Å²) >= 11 is 0. The fourth-order valence-corrected chi connectivity index (χ4v) is 2.14. The number of nitrogens with one attached hydrogen (secondary N) is 1. The van der Waals surface area contributed by atoms with Crippen LogP contribution in [0.25, 0.3) is 0 Å². The van der Waals surface area contributed by atoms with Gasteiger partial charge in [-0.3, -0.25) is 4.99 Å². The summed E-state index contributed by atoms with van der Waals surface area (Å²) in [4.78, 5) is 4.61. The third-order valence-corrected chi connectivity index (χ3v) is 2.86. The molecule has 3 nitrogen and oxygen atoms in total. The van der Waals surface area contributed by atoms with Crippen molar-refractivity contribution in [3.8, 4) is 0 Å². The summed E-state index contributed by atoms with van der Waals surface area (Å²) in [6.07, 6.45) is 4.44. The maximum atomic E-state index is 5.89. The zero-order valence-corrected chi connectivity index (χ0v) is 7.59. The Morgan fingerprint density at radius 3 is 3.17 bits per heavy atom. The van der Waals surface area contributed by atoms with Crippen LogP contribution in [-0.2, 0) is 0 Å². The van der Waals surface area contributed by atoms with Gasteiger partial charge in [-0.2, -0.15) is 0 Å². The van der Waals surface area contributed by atoms with E-state index >= 15 is 0 Å². The van der Waals surface area contributed by atoms with Gasteiger partial charge in [0.15, 0.2) is 0 Å². The Morgan fingerprint density at radius 2 is 2.42 bits per heavy atom. The SMILES string of the molecule is CCC1=NC2CCC(N)CC2N1. The Kier molecular flexibility index (Phi) is 2.05. The summed E-state index contributed by atoms with van der Waals surface area (Å²) in [6.45, 7) is 2.14. The van der Waals surface area contributed by atoms with Crippen molar-refractivity contribution >= 4 is 5.84 Å². The minimum atomic E-state index is 0.394. The van der Waals surface area contributed by atoms with Gasteiger partial charge in [-0.25, -0.2) is 0 Å². The van der Waals surface area contributed by atoms with Crippen LogP contribution in [0.2, 0.25) is 0 Å². The van der Waals surface area contributed by atoms with E-state index in [1.807, 2.05) is 0 Å². The quantitative estimate of drug-likeness (QED) is 0.602. The number of aliphatic imine (C=N–C) groups is 1. The van der Waals surface area contributed by atoms with E-state index in [0.29, 0.717) is 18.1 Å². The second-order valence-electron chi connectivity index (χ2n) is 3.82. The largest absolute Gasteiger partial charge is 0.369 e. The molecule has 68 valence electrons. The molecule has 0 aromatic heterocycles. The molecule has 3 atom stereocenters. The zero-order valence-electron chi connectivity index (χ0n) is 7.59. The molecule has 1 saturated carbocycles. The van der Waals surface area contributed by atoms with Gasteiger partial charge < -0.3 is 11.1 Å². The van der Waals surface area contributed by atoms with Crippen molar-refractivity contribution in [2.75, 3.05) is 0 Å². The highest BCUT2D eigenvalue weighted by atomic mass is 15.1. The Balaban J connectivity index is 2.00. The highest BCUT2D eigenvalue weighted by molar-refractivity contribution is 5.84. The lowest BCUT2D eigenvalue weighted by molar-refractivity contribution is 0.347. The standard InChI is InChI=1S/C9H17N3/c1-2-9-11-7-4-3-6(10)5-8(7)12-9/h6-8H,2-5,10H2,1H3,(H,11,12). The van der Waals surface area contributed by atoms with Gasteiger partial charge in [0.25, 0.3) is 0 Å². The fraction of sp³-hybridized carbons (Fsp3) is 0.889. The van der Waals surface area contributed by atoms with Crippen LogP contribution in [0.1, 0.15) is 32.6 Å². The van der Waals surface area contributed by atoms with Crippen LogP contribution in [0.3, 0.4) is 0 Å². The lowest BCUT2D eigenvalue weighted by Gasteiger charge is -2.28. The van der Waals surface area contributed by atoms with Crippen molar-refractivity contribution in [3.05, 3.63) is 0 Å². The third-order valence-electron chi connectivity index (χ3n) is 2.86. The van der Waals surface area contributed by atoms with Crippen molar-refractivity contribution in [3.63, 3.8) is 0 Å². The molecular formula is C9H17N3. The van der Waals surface area contributed by atoms with Crippen LogP contribution in [-0.4, -0.2) is 24.0 Å². The van der Waals surface area contributed by atoms with E-state index in [4.69, 9.17) is 5.73 Å². The first kappa shape index (κ1) is 8.05. The van der Waals surface area contributed by atoms with E-state index in [-0.39, 0.29) is 0 Å². The van der Waals surface area contributed by atoms with Crippen LogP contribution in [0, 0.1) is 0 Å². The molecule has 1 heterocycles. The van der Waals surface area contributed by atoms with Crippen molar-refractivity contribution in [1.82, 2.24) is 5.32 Å². The summed E-state index contributed by atoms with van der Waals surface area (Å²) in [6, 6.07) is 1.47. The molecule has 2 rings (SSSR count). The minimum absolute atomic E-state index is 0.394. The molecule has 3 heteroatoms. The average molecular weight is 167 g/mol. The molecule has 12 heavy (non-hydrogen) atoms. The lowest BCUT2D eigenvalue weighted by Crippen LogP contribution is -2.44. The van der Waals surface area contributed by atoms with Gasteiger partial charge in [-0.05, 0) is 19.3 Å². The predicted octanol–water partition coefficient (Wildman–Crippen LogP) is 0.647. The van der Waals surface area contributed by atoms with E-state index in [1.165, 1.54) is 12.3 Å². The number of hydrogen-bond donors (Lipinski definition) is 2. The molecule has 0 amide bonds. The van der Waals surface area contributed by atoms with Gasteiger partial charge in [-0.15, -0.1) is 0 Å². The maximum Gasteiger partial charge on any atom is 0.0967 e. The van der Waals surface area contributed by atoms with E-state index in [1.54, 1.807) is 0 Å². The second-order valence-corrected chi connectivity index (χ2v) is 3.82. The molecule has 0 aromatic rings. The fourth-order valence-electron chi connectivity index (χ4n) is 2.14. The molecule has 2 aliphatic rings. The maximum absolute atomic E-state index is 5.89. The third kappa shape index (κ3) is 1.33. The lowest BCUT2D eigenvalue weighted by atomic mass is 9.88. The van der Waals surface area contributed by atoms with Gasteiger partial charge >= 0.3 is 0 Å². The molecule has 3 unspecified atom stereocenters. The highest BCUT2D eigenvalue weighted by Gasteiger charge is 2.32. The molecule has 1 aliphatic heterocycles. The number of nitrogens with two attached hydrogens (primary N) is 1. The predicted molar refractivity (Wildman–Crippen MR) is 50.3 cm³/mol. The molecule has 3 N–H and O–H groups in total. The van der Waals surface area contributed by atoms with Crippen molar-refractivity contribution in [2.45, 2.75) is 50.7 Å². The smallest absolute Gasteiger partial charge is 0.0967 e. The molecule has 1 aliphatic carbocycles. The van der Waals surface area contributed by atoms with E-state index in [9.17, 15) is 0 Å². The Hall–Kier alpha value is -0.570. The van der Waals surface area contributed by atoms with Gasteiger partial charge in [0.2, 0.25) is 0 Å². The van der Waals surface area contributed by atoms with Crippen molar-refractivity contribution in [2.24, 2.45) is 10.7 Å². The number of amidine groups is 1. The zero-order chi connectivity index (χ0) is 8.55. The van der Waals surface area contributed by atoms with Crippen LogP contribution >= 0.6 is 0 Å². The normalized spacial score (nSPS) is 40.2. The van der Waals surface area contributed by atoms with Crippen molar-refractivity contribution < 1.29 is 0 Å². The number of rotatable bonds is 1. The monoisotopic (exact) mass is 167 g/mol. The summed E-state index contributed by atoms with van der Waals surface area (Å²) in [5, 5.41) is 3.44. The van der Waals surface area contributed by atoms with Gasteiger partial charge in [0.1, 0.15) is 0 Å². The topological polar surface area (TPSA) is 50.4 Å². The summed E-state index contributed by atoms with van der Waals surface area (Å²) in [5.74, 6) is 1.18. The Labute approximate surface area is 73.4 Å². The number of fused-ring (bicyclic) bond motifs is 1. The van der Waals surface area contributed by atoms with Crippen LogP contribution < -0.4 is 11.1 Å². The number of nitrogens with zero attached hydrogens (tertiary/aromatic N) is 1. The van der Waals surface area contributed by atoms with E-state index in [2.05, 4.69) is 17.2 Å². The van der Waals surface area contributed by atoms with Crippen LogP contribution in [0.5, 0.6) is 0 Å². The summed E-state index contributed by atoms with van der Waals surface area (Å²) in [7, 11) is 0. The molecule has 0 bridgehead atoms. The molecule has 0 spiro atoms. The molecule has 0 radical (unpaired) electrons. The van der Waals surface area contributed by atoms with Crippen LogP contribution in [0.4, 0.5) is 0 Å². The molecule has 1 fully saturated rings. The first-order valence-corrected chi connectivity index (χ1v) is 4.88. The Bertz CT molecular complexity index is 200. The minimum Gasteiger partial charge on any atom is -0.369 e. The molecular weight excluding hydrogens is 150 g/mol. The van der Waals surface area contributed by atoms with Crippen LogP contribution in [0.15, 0.2) is 4.99 Å². The first-order chi connectivity index (χ1) is 5.79. The second kappa shape index (κ2) is 3.05. The summed E-state index contributed by atoms with van der Waals surface area (Å²) < 4.78 is 0. The van der Waals surface area contributed by atoms with Gasteiger partial charge in [0.05, 0.1) is 17.9 Å². The van der Waals surface area contributed by atoms with Crippen molar-refractivity contribution in [1.29, 1.82) is 0 Å². The average Bonchev–Trinajstić information content (AvgIpc) is 2.46. The first-order valence-electron chi connectivity index (χ1n) is 4.88. The highest BCUT2D eigenvalue weighted by Crippen LogP contribution is 2.24. The van der Waals surface area contributed by atoms with E-state index < -0.39 is 0 Å². The van der Waals surface area contributed by atoms with E-state index in [0.717, 1.165) is 19.3 Å². The molecule has 0 saturated heterocycles. The van der Waals surface area contributed by atoms with Gasteiger partial charge in [0, 0.05) is 12.5 Å². The molecule has 0 aromatic carbocycles. The number of hydrogen-bond acceptors (Lipinski definition) is 3.